The van der Waals surface area contributed by atoms with Gasteiger partial charge in [0.1, 0.15) is 0 Å². The number of carboxylic acid groups (broad SMARTS) is 1. The number of nitrogens with two attached hydrogens (primary N) is 2. The molecule has 0 heterocycles. The Kier molecular flexibility index (Phi) is 1.77. The molecule has 52 valence electrons. The van der Waals surface area contributed by atoms with Gasteiger partial charge in [-0.15, -0.1) is 0 Å². The molecule has 0 bridgehead atoms. The summed E-state index contributed by atoms with van der Waals surface area (Å²) in [5.41, 5.74) is 7.61. The van der Waals surface area contributed by atoms with E-state index in [-0.39, 0.29) is 0 Å². The van der Waals surface area contributed by atoms with Gasteiger partial charge in [-0.2, -0.15) is 0 Å². The van der Waals surface area contributed by atoms with Crippen molar-refractivity contribution in [2.24, 2.45) is 11.5 Å². The highest BCUT2D eigenvalue weighted by Crippen LogP contribution is 1.95. The van der Waals surface area contributed by atoms with E-state index < -0.39 is 17.4 Å². The first-order valence-corrected chi connectivity index (χ1v) is 2.21. The van der Waals surface area contributed by atoms with Crippen LogP contribution in [0.2, 0.25) is 0 Å². The first-order valence-electron chi connectivity index (χ1n) is 2.21. The van der Waals surface area contributed by atoms with Gasteiger partial charge < -0.3 is 16.6 Å². The molecule has 0 saturated carbocycles. The fourth-order valence-corrected chi connectivity index (χ4v) is 0.105. The zero-order chi connectivity index (χ0) is 7.65. The molecule has 5 nitrogen and oxygen atoms in total. The number of hydrogen-bond acceptors (Lipinski definition) is 3. The van der Waals surface area contributed by atoms with Crippen LogP contribution >= 0.6 is 0 Å². The molecule has 0 aliphatic carbocycles. The van der Waals surface area contributed by atoms with Crippen molar-refractivity contribution in [3.8, 4) is 0 Å². The van der Waals surface area contributed by atoms with E-state index in [4.69, 9.17) is 10.8 Å². The fourth-order valence-electron chi connectivity index (χ4n) is 0.105. The van der Waals surface area contributed by atoms with Crippen LogP contribution in [0.15, 0.2) is 0 Å². The van der Waals surface area contributed by atoms with E-state index in [1.54, 1.807) is 0 Å². The Labute approximate surface area is 51.6 Å². The quantitative estimate of drug-likeness (QED) is 0.388. The molecule has 0 saturated heterocycles. The van der Waals surface area contributed by atoms with E-state index in [2.05, 4.69) is 5.73 Å². The number of aliphatic carboxylic acids is 1. The third-order valence-electron chi connectivity index (χ3n) is 0.956. The Balaban J connectivity index is 4.38. The number of carbonyl (C=O) groups is 2. The zero-order valence-corrected chi connectivity index (χ0v) is 4.92. The van der Waals surface area contributed by atoms with E-state index in [0.717, 1.165) is 6.92 Å². The molecule has 0 aliphatic heterocycles. The number of rotatable bonds is 2. The lowest BCUT2D eigenvalue weighted by molar-refractivity contribution is -0.147. The van der Waals surface area contributed by atoms with E-state index in [9.17, 15) is 9.59 Å². The molecule has 5 N–H and O–H groups in total. The molecule has 0 radical (unpaired) electrons. The molecule has 1 atom stereocenters. The minimum Gasteiger partial charge on any atom is -0.479 e. The average molecular weight is 132 g/mol. The number of primary amides is 1. The van der Waals surface area contributed by atoms with Gasteiger partial charge >= 0.3 is 5.97 Å². The average Bonchev–Trinajstić information content (AvgIpc) is 1.65. The minimum absolute atomic E-state index is 1.04. The van der Waals surface area contributed by atoms with E-state index in [0.29, 0.717) is 0 Å². The lowest BCUT2D eigenvalue weighted by Gasteiger charge is -2.12. The van der Waals surface area contributed by atoms with Crippen molar-refractivity contribution < 1.29 is 14.7 Å². The smallest absolute Gasteiger partial charge is 0.333 e. The second-order valence-electron chi connectivity index (χ2n) is 1.87. The lowest BCUT2D eigenvalue weighted by atomic mass is 10.1. The highest BCUT2D eigenvalue weighted by atomic mass is 16.4. The van der Waals surface area contributed by atoms with Gasteiger partial charge in [-0.1, -0.05) is 0 Å². The van der Waals surface area contributed by atoms with Crippen LogP contribution in [0.4, 0.5) is 0 Å². The van der Waals surface area contributed by atoms with E-state index >= 15 is 0 Å². The molecule has 1 amide bonds. The van der Waals surface area contributed by atoms with Gasteiger partial charge in [-0.25, -0.2) is 4.79 Å². The SMILES string of the molecule is CC(N)(C(N)=O)C(=O)O. The van der Waals surface area contributed by atoms with E-state index in [1.807, 2.05) is 0 Å². The molecule has 5 heteroatoms. The highest BCUT2D eigenvalue weighted by Gasteiger charge is 2.34. The summed E-state index contributed by atoms with van der Waals surface area (Å²) in [6.45, 7) is 1.04. The van der Waals surface area contributed by atoms with Crippen molar-refractivity contribution in [3.63, 3.8) is 0 Å². The van der Waals surface area contributed by atoms with Crippen molar-refractivity contribution in [2.75, 3.05) is 0 Å². The van der Waals surface area contributed by atoms with Crippen LogP contribution in [0.25, 0.3) is 0 Å². The molecule has 0 fully saturated rings. The van der Waals surface area contributed by atoms with Crippen molar-refractivity contribution in [2.45, 2.75) is 12.5 Å². The first-order chi connectivity index (χ1) is 3.89. The third kappa shape index (κ3) is 1.39. The number of carbonyl (C=O) groups excluding carboxylic acids is 1. The van der Waals surface area contributed by atoms with Crippen LogP contribution in [-0.2, 0) is 9.59 Å². The summed E-state index contributed by atoms with van der Waals surface area (Å²) < 4.78 is 0. The summed E-state index contributed by atoms with van der Waals surface area (Å²) in [5.74, 6) is -2.47. The van der Waals surface area contributed by atoms with Gasteiger partial charge in [-0.05, 0) is 6.92 Å². The Morgan fingerprint density at radius 3 is 1.89 bits per heavy atom. The first kappa shape index (κ1) is 7.90. The predicted molar refractivity (Wildman–Crippen MR) is 29.4 cm³/mol. The maximum Gasteiger partial charge on any atom is 0.333 e. The van der Waals surface area contributed by atoms with Crippen LogP contribution in [-0.4, -0.2) is 22.5 Å². The van der Waals surface area contributed by atoms with Crippen LogP contribution in [0.1, 0.15) is 6.92 Å². The minimum atomic E-state index is -1.94. The predicted octanol–water partition coefficient (Wildman–Crippen LogP) is -1.73. The summed E-state index contributed by atoms with van der Waals surface area (Å²) in [6.07, 6.45) is 0. The third-order valence-corrected chi connectivity index (χ3v) is 0.956. The summed E-state index contributed by atoms with van der Waals surface area (Å²) in [7, 11) is 0. The molecule has 0 rings (SSSR count). The Morgan fingerprint density at radius 2 is 1.89 bits per heavy atom. The van der Waals surface area contributed by atoms with E-state index in [1.165, 1.54) is 0 Å². The molecule has 0 aromatic carbocycles. The molecular weight excluding hydrogens is 124 g/mol. The molecule has 0 aromatic heterocycles. The van der Waals surface area contributed by atoms with Gasteiger partial charge in [0.2, 0.25) is 5.91 Å². The van der Waals surface area contributed by atoms with Gasteiger partial charge in [0, 0.05) is 0 Å². The normalized spacial score (nSPS) is 16.2. The molecule has 9 heavy (non-hydrogen) atoms. The summed E-state index contributed by atoms with van der Waals surface area (Å²) >= 11 is 0. The second kappa shape index (κ2) is 2.02. The molecular formula is C4H8N2O3. The Hall–Kier alpha value is -1.10. The van der Waals surface area contributed by atoms with Crippen molar-refractivity contribution in [3.05, 3.63) is 0 Å². The summed E-state index contributed by atoms with van der Waals surface area (Å²) in [4.78, 5) is 20.2. The standard InChI is InChI=1S/C4H8N2O3/c1-4(6,2(5)7)3(8)9/h6H2,1H3,(H2,5,7)(H,8,9). The lowest BCUT2D eigenvalue weighted by Crippen LogP contribution is -2.55. The number of carboxylic acids is 1. The topological polar surface area (TPSA) is 106 Å². The largest absolute Gasteiger partial charge is 0.479 e. The van der Waals surface area contributed by atoms with Crippen LogP contribution in [0.5, 0.6) is 0 Å². The Bertz CT molecular complexity index is 136. The second-order valence-corrected chi connectivity index (χ2v) is 1.87. The number of amides is 1. The summed E-state index contributed by atoms with van der Waals surface area (Å²) in [5, 5.41) is 8.19. The van der Waals surface area contributed by atoms with Crippen molar-refractivity contribution >= 4 is 11.9 Å². The van der Waals surface area contributed by atoms with Crippen LogP contribution in [0, 0.1) is 0 Å². The summed E-state index contributed by atoms with van der Waals surface area (Å²) in [6, 6.07) is 0. The highest BCUT2D eigenvalue weighted by molar-refractivity contribution is 6.05. The van der Waals surface area contributed by atoms with Gasteiger partial charge in [0.15, 0.2) is 5.54 Å². The molecule has 1 unspecified atom stereocenters. The van der Waals surface area contributed by atoms with Gasteiger partial charge in [0.05, 0.1) is 0 Å². The molecule has 0 aliphatic rings. The Morgan fingerprint density at radius 1 is 1.56 bits per heavy atom. The van der Waals surface area contributed by atoms with Crippen molar-refractivity contribution in [1.29, 1.82) is 0 Å². The van der Waals surface area contributed by atoms with Crippen LogP contribution in [0.3, 0.4) is 0 Å². The maximum absolute atomic E-state index is 10.2. The monoisotopic (exact) mass is 132 g/mol. The maximum atomic E-state index is 10.2. The van der Waals surface area contributed by atoms with Crippen LogP contribution < -0.4 is 11.5 Å². The van der Waals surface area contributed by atoms with Crippen molar-refractivity contribution in [1.82, 2.24) is 0 Å². The fraction of sp³-hybridized carbons (Fsp3) is 0.500. The number of hydrogen-bond donors (Lipinski definition) is 3. The van der Waals surface area contributed by atoms with Gasteiger partial charge in [0.25, 0.3) is 0 Å². The molecule has 0 spiro atoms. The zero-order valence-electron chi connectivity index (χ0n) is 4.92. The van der Waals surface area contributed by atoms with Gasteiger partial charge in [-0.3, -0.25) is 4.79 Å². The molecule has 0 aromatic rings.